The highest BCUT2D eigenvalue weighted by Crippen LogP contribution is 2.44. The predicted octanol–water partition coefficient (Wildman–Crippen LogP) is 2.39. The lowest BCUT2D eigenvalue weighted by molar-refractivity contribution is -0.167. The van der Waals surface area contributed by atoms with E-state index in [1.165, 1.54) is 6.08 Å². The van der Waals surface area contributed by atoms with Crippen LogP contribution in [0.2, 0.25) is 0 Å². The molecule has 5 saturated heterocycles. The number of nitrogens with zero attached hydrogens (tertiary/aromatic N) is 3. The highest BCUT2D eigenvalue weighted by atomic mass is 19.1. The molecule has 3 amide bonds. The quantitative estimate of drug-likeness (QED) is 0.314. The Labute approximate surface area is 289 Å². The Morgan fingerprint density at radius 3 is 2.63 bits per heavy atom. The first-order valence-electron chi connectivity index (χ1n) is 19.0. The number of aliphatic hydroxyl groups excluding tert-OH is 1. The number of halogens is 2. The fourth-order valence-corrected chi connectivity index (χ4v) is 10.2. The highest BCUT2D eigenvalue weighted by Gasteiger charge is 2.59. The molecule has 0 aromatic rings. The van der Waals surface area contributed by atoms with Gasteiger partial charge in [0.25, 0.3) is 0 Å². The van der Waals surface area contributed by atoms with E-state index in [9.17, 15) is 14.7 Å². The zero-order valence-corrected chi connectivity index (χ0v) is 29.4. The zero-order valence-electron chi connectivity index (χ0n) is 29.4. The number of nitrogens with one attached hydrogen (secondary N) is 3. The van der Waals surface area contributed by atoms with Crippen LogP contribution < -0.4 is 16.0 Å². The Hall–Kier alpha value is -1.90. The third-order valence-corrected chi connectivity index (χ3v) is 12.8. The van der Waals surface area contributed by atoms with E-state index in [1.54, 1.807) is 4.90 Å². The Balaban J connectivity index is 1.29. The summed E-state index contributed by atoms with van der Waals surface area (Å²) in [5.74, 6) is -0.828. The van der Waals surface area contributed by atoms with Gasteiger partial charge in [-0.15, -0.1) is 0 Å². The van der Waals surface area contributed by atoms with Gasteiger partial charge in [0, 0.05) is 62.1 Å². The van der Waals surface area contributed by atoms with Crippen molar-refractivity contribution in [3.05, 3.63) is 12.7 Å². The maximum atomic E-state index is 16.7. The molecule has 14 atom stereocenters. The molecule has 2 bridgehead atoms. The average molecular weight is 693 g/mol. The van der Waals surface area contributed by atoms with E-state index in [0.717, 1.165) is 19.4 Å². The van der Waals surface area contributed by atoms with Gasteiger partial charge in [0.05, 0.1) is 37.2 Å². The Kier molecular flexibility index (Phi) is 10.6. The largest absolute Gasteiger partial charge is 0.388 e. The molecule has 7 aliphatic rings. The molecule has 2 saturated carbocycles. The topological polar surface area (TPSA) is 119 Å². The normalized spacial score (nSPS) is 45.0. The van der Waals surface area contributed by atoms with Gasteiger partial charge in [-0.2, -0.15) is 0 Å². The molecule has 5 heterocycles. The van der Waals surface area contributed by atoms with Gasteiger partial charge in [-0.05, 0) is 76.3 Å². The van der Waals surface area contributed by atoms with Crippen molar-refractivity contribution in [3.63, 3.8) is 0 Å². The van der Waals surface area contributed by atoms with E-state index >= 15 is 8.78 Å². The molecule has 0 aromatic heterocycles. The lowest BCUT2D eigenvalue weighted by atomic mass is 9.71. The zero-order chi connectivity index (χ0) is 34.6. The van der Waals surface area contributed by atoms with Crippen LogP contribution in [0.15, 0.2) is 12.7 Å². The summed E-state index contributed by atoms with van der Waals surface area (Å²) in [4.78, 5) is 33.1. The number of amides is 3. The van der Waals surface area contributed by atoms with E-state index in [1.807, 2.05) is 11.8 Å². The van der Waals surface area contributed by atoms with E-state index in [-0.39, 0.29) is 60.8 Å². The highest BCUT2D eigenvalue weighted by molar-refractivity contribution is 5.87. The van der Waals surface area contributed by atoms with Crippen molar-refractivity contribution in [3.8, 4) is 0 Å². The van der Waals surface area contributed by atoms with Crippen molar-refractivity contribution < 1.29 is 33.0 Å². The Morgan fingerprint density at radius 1 is 1.12 bits per heavy atom. The third-order valence-electron chi connectivity index (χ3n) is 12.8. The molecule has 7 fully saturated rings. The number of piperazine rings is 1. The third kappa shape index (κ3) is 6.89. The van der Waals surface area contributed by atoms with Crippen LogP contribution in [0.4, 0.5) is 13.6 Å². The average Bonchev–Trinajstić information content (AvgIpc) is 3.91. The van der Waals surface area contributed by atoms with Crippen LogP contribution in [0.25, 0.3) is 0 Å². The minimum absolute atomic E-state index is 0.0194. The summed E-state index contributed by atoms with van der Waals surface area (Å²) in [5.41, 5.74) is 0. The molecule has 49 heavy (non-hydrogen) atoms. The number of carbonyl (C=O) groups excluding carboxylic acids is 2. The second-order valence-corrected chi connectivity index (χ2v) is 16.3. The van der Waals surface area contributed by atoms with Crippen molar-refractivity contribution in [2.75, 3.05) is 39.4 Å². The molecule has 13 heteroatoms. The number of aliphatic hydroxyl groups is 1. The summed E-state index contributed by atoms with van der Waals surface area (Å²) in [7, 11) is 0. The first-order valence-corrected chi connectivity index (χ1v) is 19.0. The van der Waals surface area contributed by atoms with Crippen LogP contribution in [0, 0.1) is 29.6 Å². The van der Waals surface area contributed by atoms with Gasteiger partial charge in [-0.25, -0.2) is 13.6 Å². The van der Waals surface area contributed by atoms with E-state index in [4.69, 9.17) is 9.47 Å². The van der Waals surface area contributed by atoms with Crippen molar-refractivity contribution >= 4 is 11.9 Å². The molecule has 7 rings (SSSR count). The maximum Gasteiger partial charge on any atom is 0.320 e. The molecule has 5 aliphatic heterocycles. The molecule has 276 valence electrons. The number of carbonyl (C=O) groups is 2. The molecule has 0 aromatic carbocycles. The number of rotatable bonds is 6. The molecule has 13 unspecified atom stereocenters. The minimum Gasteiger partial charge on any atom is -0.388 e. The number of hydrogen-bond donors (Lipinski definition) is 4. The maximum absolute atomic E-state index is 16.7. The van der Waals surface area contributed by atoms with Crippen molar-refractivity contribution in [1.29, 1.82) is 0 Å². The van der Waals surface area contributed by atoms with Crippen molar-refractivity contribution in [2.45, 2.75) is 133 Å². The van der Waals surface area contributed by atoms with Gasteiger partial charge >= 0.3 is 6.03 Å². The van der Waals surface area contributed by atoms with Crippen LogP contribution in [-0.2, 0) is 14.3 Å². The Morgan fingerprint density at radius 2 is 1.92 bits per heavy atom. The second kappa shape index (κ2) is 14.6. The van der Waals surface area contributed by atoms with Crippen LogP contribution >= 0.6 is 0 Å². The molecule has 2 aliphatic carbocycles. The Bertz CT molecular complexity index is 1210. The van der Waals surface area contributed by atoms with Crippen LogP contribution in [0.3, 0.4) is 0 Å². The van der Waals surface area contributed by atoms with E-state index < -0.39 is 54.9 Å². The number of urea groups is 1. The molecular formula is C36H58F2N6O5. The lowest BCUT2D eigenvalue weighted by Crippen LogP contribution is -2.80. The summed E-state index contributed by atoms with van der Waals surface area (Å²) >= 11 is 0. The van der Waals surface area contributed by atoms with Gasteiger partial charge in [-0.3, -0.25) is 15.0 Å². The van der Waals surface area contributed by atoms with Gasteiger partial charge in [0.2, 0.25) is 5.91 Å². The van der Waals surface area contributed by atoms with E-state index in [2.05, 4.69) is 41.3 Å². The molecule has 11 nitrogen and oxygen atoms in total. The van der Waals surface area contributed by atoms with Crippen LogP contribution in [-0.4, -0.2) is 138 Å². The van der Waals surface area contributed by atoms with E-state index in [0.29, 0.717) is 57.8 Å². The minimum atomic E-state index is -1.37. The first-order chi connectivity index (χ1) is 23.6. The number of hydrogen-bond acceptors (Lipinski definition) is 8. The SMILES string of the molecule is C=CC(=O)N1CCN(C2NC(=O)N3C4NC(C(F)CC42)C2C(F)CCCC2OCC(O)C(OCC2CC2)C2CCNC(C(C)C)C23)[C@@H](C)C1. The smallest absolute Gasteiger partial charge is 0.320 e. The summed E-state index contributed by atoms with van der Waals surface area (Å²) in [5, 5.41) is 22.5. The summed E-state index contributed by atoms with van der Waals surface area (Å²) in [6.45, 7) is 12.7. The number of fused-ring (bicyclic) bond motifs is 5. The lowest BCUT2D eigenvalue weighted by Gasteiger charge is -2.61. The number of alkyl halides is 2. The number of piperidine rings is 2. The van der Waals surface area contributed by atoms with Gasteiger partial charge in [0.1, 0.15) is 18.4 Å². The second-order valence-electron chi connectivity index (χ2n) is 16.3. The predicted molar refractivity (Wildman–Crippen MR) is 180 cm³/mol. The molecule has 0 spiro atoms. The number of ether oxygens (including phenoxy) is 2. The van der Waals surface area contributed by atoms with Crippen molar-refractivity contribution in [1.82, 2.24) is 30.7 Å². The van der Waals surface area contributed by atoms with Crippen LogP contribution in [0.1, 0.15) is 65.7 Å². The van der Waals surface area contributed by atoms with Gasteiger partial charge in [-0.1, -0.05) is 20.4 Å². The monoisotopic (exact) mass is 692 g/mol. The van der Waals surface area contributed by atoms with Crippen molar-refractivity contribution in [2.24, 2.45) is 29.6 Å². The molecule has 0 radical (unpaired) electrons. The summed E-state index contributed by atoms with van der Waals surface area (Å²) in [6, 6.07) is -1.69. The van der Waals surface area contributed by atoms with Gasteiger partial charge < -0.3 is 35.0 Å². The van der Waals surface area contributed by atoms with Gasteiger partial charge in [0.15, 0.2) is 0 Å². The standard InChI is InChI=1S/C36H58F2N6O5/c1-5-28(46)42-13-14-43(20(4)16-42)34-23-15-25(38)31-29-24(37)7-6-8-27(29)48-18-26(45)33(49-17-21-9-10-21)22-11-12-39-30(19(2)3)32(22)44(35(23)40-31)36(47)41-34/h5,19-27,29-35,39-40,45H,1,6-18H2,2-4H3,(H,41,47)/t20-,22?,23?,24?,25?,26?,27?,29?,30?,31?,32?,33?,34?,35?/m0/s1. The molecular weight excluding hydrogens is 634 g/mol. The summed E-state index contributed by atoms with van der Waals surface area (Å²) < 4.78 is 45.8. The summed E-state index contributed by atoms with van der Waals surface area (Å²) in [6.07, 6.45) is 0.133. The van der Waals surface area contributed by atoms with Crippen LogP contribution in [0.5, 0.6) is 0 Å². The first kappa shape index (κ1) is 35.5. The fourth-order valence-electron chi connectivity index (χ4n) is 10.2. The molecule has 4 N–H and O–H groups in total. The fraction of sp³-hybridized carbons (Fsp3) is 0.889.